The first-order valence-corrected chi connectivity index (χ1v) is 3.77. The van der Waals surface area contributed by atoms with Gasteiger partial charge in [-0.2, -0.15) is 0 Å². The van der Waals surface area contributed by atoms with Crippen molar-refractivity contribution in [1.82, 2.24) is 0 Å². The summed E-state index contributed by atoms with van der Waals surface area (Å²) in [6.45, 7) is 0. The number of hydrogen-bond acceptors (Lipinski definition) is 2. The van der Waals surface area contributed by atoms with Gasteiger partial charge in [-0.05, 0) is 12.1 Å². The Morgan fingerprint density at radius 1 is 1.14 bits per heavy atom. The SMILES string of the molecule is O=C(O)c1cc(Cl)c(C(=O)O)cc1F. The molecule has 0 atom stereocenters. The van der Waals surface area contributed by atoms with E-state index in [2.05, 4.69) is 0 Å². The summed E-state index contributed by atoms with van der Waals surface area (Å²) >= 11 is 5.43. The number of benzene rings is 1. The Labute approximate surface area is 82.5 Å². The molecule has 4 nitrogen and oxygen atoms in total. The smallest absolute Gasteiger partial charge is 0.338 e. The summed E-state index contributed by atoms with van der Waals surface area (Å²) in [4.78, 5) is 20.9. The van der Waals surface area contributed by atoms with E-state index in [1.807, 2.05) is 0 Å². The molecule has 6 heteroatoms. The van der Waals surface area contributed by atoms with Crippen molar-refractivity contribution in [2.75, 3.05) is 0 Å². The van der Waals surface area contributed by atoms with Crippen molar-refractivity contribution in [3.05, 3.63) is 34.1 Å². The van der Waals surface area contributed by atoms with Crippen LogP contribution in [0, 0.1) is 5.82 Å². The van der Waals surface area contributed by atoms with Crippen LogP contribution in [0.15, 0.2) is 12.1 Å². The third-order valence-corrected chi connectivity index (χ3v) is 1.83. The second-order valence-corrected chi connectivity index (χ2v) is 2.83. The molecule has 2 N–H and O–H groups in total. The number of carboxylic acid groups (broad SMARTS) is 2. The molecule has 0 aliphatic carbocycles. The van der Waals surface area contributed by atoms with Crippen molar-refractivity contribution in [1.29, 1.82) is 0 Å². The van der Waals surface area contributed by atoms with E-state index >= 15 is 0 Å². The van der Waals surface area contributed by atoms with Gasteiger partial charge in [0.25, 0.3) is 0 Å². The normalized spacial score (nSPS) is 9.86. The Kier molecular flexibility index (Phi) is 2.71. The summed E-state index contributed by atoms with van der Waals surface area (Å²) < 4.78 is 12.9. The fourth-order valence-corrected chi connectivity index (χ4v) is 1.12. The lowest BCUT2D eigenvalue weighted by Crippen LogP contribution is -2.05. The lowest BCUT2D eigenvalue weighted by molar-refractivity contribution is 0.0676. The second-order valence-electron chi connectivity index (χ2n) is 2.42. The molecule has 0 unspecified atom stereocenters. The van der Waals surface area contributed by atoms with Gasteiger partial charge < -0.3 is 10.2 Å². The summed E-state index contributed by atoms with van der Waals surface area (Å²) in [6.07, 6.45) is 0. The molecule has 0 saturated heterocycles. The molecule has 0 aliphatic rings. The van der Waals surface area contributed by atoms with Crippen molar-refractivity contribution < 1.29 is 24.2 Å². The molecule has 0 spiro atoms. The zero-order valence-corrected chi connectivity index (χ0v) is 7.38. The monoisotopic (exact) mass is 218 g/mol. The third-order valence-electron chi connectivity index (χ3n) is 1.52. The molecule has 1 rings (SSSR count). The maximum absolute atomic E-state index is 12.9. The van der Waals surface area contributed by atoms with Crippen molar-refractivity contribution in [3.8, 4) is 0 Å². The van der Waals surface area contributed by atoms with Crippen LogP contribution in [0.2, 0.25) is 5.02 Å². The van der Waals surface area contributed by atoms with Gasteiger partial charge in [0.1, 0.15) is 5.82 Å². The first kappa shape index (κ1) is 10.5. The van der Waals surface area contributed by atoms with Gasteiger partial charge in [0.2, 0.25) is 0 Å². The molecule has 0 radical (unpaired) electrons. The van der Waals surface area contributed by atoms with Crippen molar-refractivity contribution in [2.24, 2.45) is 0 Å². The molecular weight excluding hydrogens is 215 g/mol. The van der Waals surface area contributed by atoms with E-state index in [9.17, 15) is 14.0 Å². The predicted octanol–water partition coefficient (Wildman–Crippen LogP) is 1.88. The molecule has 0 heterocycles. The average Bonchev–Trinajstić information content (AvgIpc) is 2.07. The minimum Gasteiger partial charge on any atom is -0.478 e. The van der Waals surface area contributed by atoms with Crippen LogP contribution in [0.3, 0.4) is 0 Å². The Bertz CT molecular complexity index is 376. The standard InChI is InChI=1S/C8H4ClFO4/c9-5-1-4(8(13)14)6(10)2-3(5)7(11)12/h1-2H,(H,11,12)(H,13,14). The first-order valence-electron chi connectivity index (χ1n) is 3.39. The van der Waals surface area contributed by atoms with E-state index in [-0.39, 0.29) is 5.02 Å². The van der Waals surface area contributed by atoms with Crippen LogP contribution >= 0.6 is 11.6 Å². The largest absolute Gasteiger partial charge is 0.478 e. The lowest BCUT2D eigenvalue weighted by Gasteiger charge is -2.01. The van der Waals surface area contributed by atoms with E-state index in [0.717, 1.165) is 6.07 Å². The third kappa shape index (κ3) is 1.82. The van der Waals surface area contributed by atoms with Gasteiger partial charge in [-0.15, -0.1) is 0 Å². The van der Waals surface area contributed by atoms with Gasteiger partial charge in [0.05, 0.1) is 16.1 Å². The van der Waals surface area contributed by atoms with Crippen molar-refractivity contribution in [3.63, 3.8) is 0 Å². The number of rotatable bonds is 2. The minimum absolute atomic E-state index is 0.309. The number of carbonyl (C=O) groups is 2. The quantitative estimate of drug-likeness (QED) is 0.795. The van der Waals surface area contributed by atoms with Crippen molar-refractivity contribution in [2.45, 2.75) is 0 Å². The zero-order chi connectivity index (χ0) is 10.9. The number of aromatic carboxylic acids is 2. The summed E-state index contributed by atoms with van der Waals surface area (Å²) in [5.74, 6) is -4.04. The Morgan fingerprint density at radius 3 is 2.07 bits per heavy atom. The van der Waals surface area contributed by atoms with Gasteiger partial charge in [0.15, 0.2) is 0 Å². The molecule has 0 fully saturated rings. The topological polar surface area (TPSA) is 74.6 Å². The van der Waals surface area contributed by atoms with E-state index in [1.165, 1.54) is 0 Å². The van der Waals surface area contributed by atoms with Crippen LogP contribution in [-0.2, 0) is 0 Å². The summed E-state index contributed by atoms with van der Waals surface area (Å²) in [6, 6.07) is 1.34. The first-order chi connectivity index (χ1) is 6.43. The predicted molar refractivity (Wildman–Crippen MR) is 45.3 cm³/mol. The lowest BCUT2D eigenvalue weighted by atomic mass is 10.1. The molecule has 0 amide bonds. The van der Waals surface area contributed by atoms with Crippen LogP contribution in [0.25, 0.3) is 0 Å². The van der Waals surface area contributed by atoms with Gasteiger partial charge >= 0.3 is 11.9 Å². The van der Waals surface area contributed by atoms with Crippen LogP contribution < -0.4 is 0 Å². The Balaban J connectivity index is 3.38. The fourth-order valence-electron chi connectivity index (χ4n) is 0.875. The number of carboxylic acids is 2. The summed E-state index contributed by atoms with van der Waals surface area (Å²) in [5, 5.41) is 16.7. The summed E-state index contributed by atoms with van der Waals surface area (Å²) in [5.41, 5.74) is -1.12. The Hall–Kier alpha value is -1.62. The molecule has 74 valence electrons. The highest BCUT2D eigenvalue weighted by molar-refractivity contribution is 6.33. The second kappa shape index (κ2) is 3.63. The van der Waals surface area contributed by atoms with Crippen LogP contribution in [0.5, 0.6) is 0 Å². The molecule has 0 bridgehead atoms. The maximum Gasteiger partial charge on any atom is 0.338 e. The Morgan fingerprint density at radius 2 is 1.64 bits per heavy atom. The molecule has 0 saturated carbocycles. The van der Waals surface area contributed by atoms with Crippen LogP contribution in [-0.4, -0.2) is 22.2 Å². The highest BCUT2D eigenvalue weighted by atomic mass is 35.5. The van der Waals surface area contributed by atoms with Crippen LogP contribution in [0.4, 0.5) is 4.39 Å². The molecule has 1 aromatic carbocycles. The number of hydrogen-bond donors (Lipinski definition) is 2. The average molecular weight is 219 g/mol. The number of halogens is 2. The van der Waals surface area contributed by atoms with Gasteiger partial charge in [-0.3, -0.25) is 0 Å². The van der Waals surface area contributed by atoms with Gasteiger partial charge in [-0.25, -0.2) is 14.0 Å². The van der Waals surface area contributed by atoms with Crippen LogP contribution in [0.1, 0.15) is 20.7 Å². The van der Waals surface area contributed by atoms with Gasteiger partial charge in [-0.1, -0.05) is 11.6 Å². The summed E-state index contributed by atoms with van der Waals surface area (Å²) in [7, 11) is 0. The fraction of sp³-hybridized carbons (Fsp3) is 0. The minimum atomic E-state index is -1.50. The van der Waals surface area contributed by atoms with Gasteiger partial charge in [0, 0.05) is 0 Å². The molecular formula is C8H4ClFO4. The zero-order valence-electron chi connectivity index (χ0n) is 6.62. The van der Waals surface area contributed by atoms with E-state index < -0.39 is 28.9 Å². The molecule has 1 aromatic rings. The highest BCUT2D eigenvalue weighted by Gasteiger charge is 2.17. The van der Waals surface area contributed by atoms with Crippen molar-refractivity contribution >= 4 is 23.5 Å². The molecule has 0 aliphatic heterocycles. The van der Waals surface area contributed by atoms with E-state index in [0.29, 0.717) is 6.07 Å². The van der Waals surface area contributed by atoms with E-state index in [4.69, 9.17) is 21.8 Å². The molecule has 0 aromatic heterocycles. The maximum atomic E-state index is 12.9. The molecule has 14 heavy (non-hydrogen) atoms. The highest BCUT2D eigenvalue weighted by Crippen LogP contribution is 2.20. The van der Waals surface area contributed by atoms with E-state index in [1.54, 1.807) is 0 Å².